The van der Waals surface area contributed by atoms with E-state index >= 15 is 0 Å². The third-order valence-corrected chi connectivity index (χ3v) is 7.32. The quantitative estimate of drug-likeness (QED) is 0.237. The molecule has 5 rings (SSSR count). The summed E-state index contributed by atoms with van der Waals surface area (Å²) in [7, 11) is 0. The summed E-state index contributed by atoms with van der Waals surface area (Å²) in [6, 6.07) is 8.10. The minimum absolute atomic E-state index is 0.0198. The van der Waals surface area contributed by atoms with Gasteiger partial charge in [0.15, 0.2) is 0 Å². The summed E-state index contributed by atoms with van der Waals surface area (Å²) in [4.78, 5) is 28.2. The Hall–Kier alpha value is -3.87. The predicted octanol–water partition coefficient (Wildman–Crippen LogP) is 5.66. The van der Waals surface area contributed by atoms with Crippen molar-refractivity contribution in [2.75, 3.05) is 49.1 Å². The number of aromatic nitrogens is 3. The number of rotatable bonds is 6. The second kappa shape index (κ2) is 11.3. The Morgan fingerprint density at radius 1 is 1.07 bits per heavy atom. The lowest BCUT2D eigenvalue weighted by atomic mass is 10.0. The maximum atomic E-state index is 13.9. The molecule has 9 nitrogen and oxygen atoms in total. The molecule has 2 aromatic carbocycles. The molecule has 4 aromatic rings. The van der Waals surface area contributed by atoms with Gasteiger partial charge in [-0.15, -0.1) is 0 Å². The number of aromatic amines is 1. The molecule has 210 valence electrons. The van der Waals surface area contributed by atoms with Crippen LogP contribution in [0.1, 0.15) is 18.1 Å². The maximum absolute atomic E-state index is 13.9. The summed E-state index contributed by atoms with van der Waals surface area (Å²) < 4.78 is 41.8. The first-order chi connectivity index (χ1) is 19.1. The smallest absolute Gasteiger partial charge is 0.383 e. The van der Waals surface area contributed by atoms with Crippen molar-refractivity contribution in [1.82, 2.24) is 24.8 Å². The molecule has 0 spiro atoms. The van der Waals surface area contributed by atoms with E-state index in [9.17, 15) is 18.0 Å². The number of hydrogen-bond donors (Lipinski definition) is 4. The number of amides is 2. The molecule has 1 saturated heterocycles. The van der Waals surface area contributed by atoms with Gasteiger partial charge in [-0.3, -0.25) is 4.90 Å². The van der Waals surface area contributed by atoms with Gasteiger partial charge in [-0.25, -0.2) is 14.8 Å². The fourth-order valence-electron chi connectivity index (χ4n) is 4.84. The Labute approximate surface area is 233 Å². The van der Waals surface area contributed by atoms with Gasteiger partial charge in [0.1, 0.15) is 17.8 Å². The van der Waals surface area contributed by atoms with Gasteiger partial charge in [0.2, 0.25) is 0 Å². The number of alkyl halides is 3. The Bertz CT molecular complexity index is 1530. The Morgan fingerprint density at radius 2 is 1.82 bits per heavy atom. The van der Waals surface area contributed by atoms with E-state index in [-0.39, 0.29) is 28.5 Å². The zero-order valence-electron chi connectivity index (χ0n) is 21.6. The third-order valence-electron chi connectivity index (χ3n) is 7.01. The second-order valence-corrected chi connectivity index (χ2v) is 9.95. The number of benzene rings is 2. The number of halogens is 4. The minimum atomic E-state index is -4.56. The van der Waals surface area contributed by atoms with Crippen molar-refractivity contribution in [2.45, 2.75) is 19.6 Å². The van der Waals surface area contributed by atoms with Crippen LogP contribution in [0.25, 0.3) is 22.2 Å². The molecule has 1 fully saturated rings. The summed E-state index contributed by atoms with van der Waals surface area (Å²) in [5, 5.41) is 5.95. The van der Waals surface area contributed by atoms with Crippen LogP contribution in [0.5, 0.6) is 0 Å². The van der Waals surface area contributed by atoms with Gasteiger partial charge in [0, 0.05) is 50.2 Å². The monoisotopic (exact) mass is 572 g/mol. The maximum Gasteiger partial charge on any atom is 0.416 e. The van der Waals surface area contributed by atoms with Gasteiger partial charge in [0.05, 0.1) is 21.7 Å². The van der Waals surface area contributed by atoms with Crippen molar-refractivity contribution >= 4 is 45.9 Å². The van der Waals surface area contributed by atoms with Crippen LogP contribution in [-0.4, -0.2) is 63.5 Å². The number of nitrogens with one attached hydrogen (secondary N) is 3. The Kier molecular flexibility index (Phi) is 7.83. The van der Waals surface area contributed by atoms with Crippen LogP contribution in [0.4, 0.5) is 35.2 Å². The zero-order chi connectivity index (χ0) is 28.4. The molecule has 1 aliphatic rings. The zero-order valence-corrected chi connectivity index (χ0v) is 22.4. The highest BCUT2D eigenvalue weighted by molar-refractivity contribution is 6.34. The third kappa shape index (κ3) is 5.98. The number of carbonyl (C=O) groups is 1. The van der Waals surface area contributed by atoms with E-state index in [0.717, 1.165) is 31.3 Å². The number of carbonyl (C=O) groups excluding carboxylic acids is 1. The average Bonchev–Trinajstić information content (AvgIpc) is 3.36. The summed E-state index contributed by atoms with van der Waals surface area (Å²) in [6.07, 6.45) is -1.48. The lowest BCUT2D eigenvalue weighted by Crippen LogP contribution is -2.45. The standard InChI is InChI=1S/C27H28ClF3N8O/c1-2-38-7-9-39(10-8-38)14-17-3-5-18(12-20(17)27(29,30)31)36-26(40)37-22-6-4-16(11-21(22)28)19-13-33-25-23(19)24(32)34-15-35-25/h3-6,11-13,15H,2,7-10,14H2,1H3,(H2,36,37,40)(H3,32,33,34,35). The van der Waals surface area contributed by atoms with Gasteiger partial charge in [-0.2, -0.15) is 13.2 Å². The molecule has 5 N–H and O–H groups in total. The number of nitrogens with zero attached hydrogens (tertiary/aromatic N) is 4. The van der Waals surface area contributed by atoms with E-state index in [0.29, 0.717) is 35.5 Å². The van der Waals surface area contributed by atoms with E-state index in [1.54, 1.807) is 24.4 Å². The minimum Gasteiger partial charge on any atom is -0.383 e. The fraction of sp³-hybridized carbons (Fsp3) is 0.296. The molecule has 0 aliphatic carbocycles. The highest BCUT2D eigenvalue weighted by Gasteiger charge is 2.34. The number of anilines is 3. The first-order valence-electron chi connectivity index (χ1n) is 12.7. The summed E-state index contributed by atoms with van der Waals surface area (Å²) in [6.45, 7) is 6.24. The molecular formula is C27H28ClF3N8O. The normalized spacial score (nSPS) is 14.9. The molecule has 3 heterocycles. The van der Waals surface area contributed by atoms with E-state index in [2.05, 4.69) is 37.4 Å². The van der Waals surface area contributed by atoms with Crippen LogP contribution in [0.15, 0.2) is 48.9 Å². The second-order valence-electron chi connectivity index (χ2n) is 9.54. The van der Waals surface area contributed by atoms with Crippen LogP contribution in [-0.2, 0) is 12.7 Å². The van der Waals surface area contributed by atoms with E-state index in [4.69, 9.17) is 17.3 Å². The van der Waals surface area contributed by atoms with E-state index < -0.39 is 17.8 Å². The number of likely N-dealkylation sites (N-methyl/N-ethyl adjacent to an activating group) is 1. The molecule has 13 heteroatoms. The number of fused-ring (bicyclic) bond motifs is 1. The SMILES string of the molecule is CCN1CCN(Cc2ccc(NC(=O)Nc3ccc(-c4c[nH]c5ncnc(N)c45)cc3Cl)cc2C(F)(F)F)CC1. The van der Waals surface area contributed by atoms with E-state index in [1.807, 2.05) is 4.90 Å². The molecule has 0 unspecified atom stereocenters. The topological polar surface area (TPSA) is 115 Å². The molecule has 0 atom stereocenters. The molecule has 0 bridgehead atoms. The molecule has 1 aliphatic heterocycles. The number of nitrogens with two attached hydrogens (primary N) is 1. The van der Waals surface area contributed by atoms with Crippen molar-refractivity contribution < 1.29 is 18.0 Å². The summed E-state index contributed by atoms with van der Waals surface area (Å²) >= 11 is 6.43. The highest BCUT2D eigenvalue weighted by Crippen LogP contribution is 2.36. The van der Waals surface area contributed by atoms with Crippen LogP contribution < -0.4 is 16.4 Å². The number of H-pyrrole nitrogens is 1. The molecule has 0 saturated carbocycles. The number of hydrogen-bond acceptors (Lipinski definition) is 6. The Balaban J connectivity index is 1.28. The molecule has 2 aromatic heterocycles. The first-order valence-corrected chi connectivity index (χ1v) is 13.1. The van der Waals surface area contributed by atoms with Crippen LogP contribution in [0.3, 0.4) is 0 Å². The lowest BCUT2D eigenvalue weighted by Gasteiger charge is -2.34. The number of nitrogen functional groups attached to an aromatic ring is 1. The molecule has 2 amide bonds. The number of urea groups is 1. The average molecular weight is 573 g/mol. The fourth-order valence-corrected chi connectivity index (χ4v) is 5.07. The van der Waals surface area contributed by atoms with Gasteiger partial charge in [-0.05, 0) is 41.9 Å². The molecule has 40 heavy (non-hydrogen) atoms. The van der Waals surface area contributed by atoms with Crippen LogP contribution in [0.2, 0.25) is 5.02 Å². The van der Waals surface area contributed by atoms with Crippen molar-refractivity contribution in [3.05, 3.63) is 65.1 Å². The highest BCUT2D eigenvalue weighted by atomic mass is 35.5. The summed E-state index contributed by atoms with van der Waals surface area (Å²) in [5.74, 6) is 0.308. The van der Waals surface area contributed by atoms with Crippen molar-refractivity contribution in [2.24, 2.45) is 0 Å². The first kappa shape index (κ1) is 27.7. The lowest BCUT2D eigenvalue weighted by molar-refractivity contribution is -0.138. The van der Waals surface area contributed by atoms with Crippen molar-refractivity contribution in [1.29, 1.82) is 0 Å². The molecular weight excluding hydrogens is 545 g/mol. The summed E-state index contributed by atoms with van der Waals surface area (Å²) in [5.41, 5.74) is 7.73. The van der Waals surface area contributed by atoms with Gasteiger partial charge in [-0.1, -0.05) is 30.7 Å². The van der Waals surface area contributed by atoms with Crippen LogP contribution >= 0.6 is 11.6 Å². The predicted molar refractivity (Wildman–Crippen MR) is 150 cm³/mol. The van der Waals surface area contributed by atoms with Crippen molar-refractivity contribution in [3.63, 3.8) is 0 Å². The van der Waals surface area contributed by atoms with Crippen molar-refractivity contribution in [3.8, 4) is 11.1 Å². The van der Waals surface area contributed by atoms with Gasteiger partial charge in [0.25, 0.3) is 0 Å². The van der Waals surface area contributed by atoms with E-state index in [1.165, 1.54) is 18.5 Å². The largest absolute Gasteiger partial charge is 0.416 e. The molecule has 0 radical (unpaired) electrons. The van der Waals surface area contributed by atoms with Gasteiger partial charge < -0.3 is 26.3 Å². The Morgan fingerprint density at radius 3 is 2.52 bits per heavy atom. The number of piperazine rings is 1. The van der Waals surface area contributed by atoms with Crippen LogP contribution in [0, 0.1) is 0 Å². The van der Waals surface area contributed by atoms with Gasteiger partial charge >= 0.3 is 12.2 Å².